The number of hydrogen-bond donors (Lipinski definition) is 1. The summed E-state index contributed by atoms with van der Waals surface area (Å²) in [5.41, 5.74) is 0. The Morgan fingerprint density at radius 3 is 2.08 bits per heavy atom. The van der Waals surface area contributed by atoms with Gasteiger partial charge in [0, 0.05) is 51.4 Å². The molecule has 3 fully saturated rings. The van der Waals surface area contributed by atoms with Crippen LogP contribution in [0.15, 0.2) is 12.4 Å². The van der Waals surface area contributed by atoms with Gasteiger partial charge < -0.3 is 14.9 Å². The Kier molecular flexibility index (Phi) is 4.85. The molecule has 2 unspecified atom stereocenters. The Morgan fingerprint density at radius 2 is 1.42 bits per heavy atom. The van der Waals surface area contributed by atoms with Crippen molar-refractivity contribution in [3.63, 3.8) is 0 Å². The van der Waals surface area contributed by atoms with Crippen molar-refractivity contribution in [1.82, 2.24) is 14.9 Å². The fourth-order valence-electron chi connectivity index (χ4n) is 4.43. The first kappa shape index (κ1) is 16.1. The average Bonchev–Trinajstić information content (AvgIpc) is 3.17. The average molecular weight is 331 g/mol. The van der Waals surface area contributed by atoms with Gasteiger partial charge in [0.05, 0.1) is 6.10 Å². The van der Waals surface area contributed by atoms with Crippen LogP contribution in [0.4, 0.5) is 11.6 Å². The summed E-state index contributed by atoms with van der Waals surface area (Å²) in [7, 11) is 0. The third-order valence-electron chi connectivity index (χ3n) is 5.87. The minimum absolute atomic E-state index is 0.133. The normalized spacial score (nSPS) is 29.2. The number of hydrogen-bond acceptors (Lipinski definition) is 6. The summed E-state index contributed by atoms with van der Waals surface area (Å²) in [5.74, 6) is 2.12. The van der Waals surface area contributed by atoms with Crippen molar-refractivity contribution in [2.24, 2.45) is 0 Å². The standard InChI is InChI=1S/C18H29N5O/c24-16-6-2-1-5-15(16)21-9-11-23(12-10-21)18-13-17(19-14-20-18)22-7-3-4-8-22/h13-16,24H,1-12H2. The Labute approximate surface area is 144 Å². The largest absolute Gasteiger partial charge is 0.391 e. The molecule has 1 aromatic heterocycles. The van der Waals surface area contributed by atoms with Gasteiger partial charge in [0.2, 0.25) is 0 Å². The predicted octanol–water partition coefficient (Wildman–Crippen LogP) is 1.50. The lowest BCUT2D eigenvalue weighted by Gasteiger charge is -2.43. The smallest absolute Gasteiger partial charge is 0.134 e. The molecule has 132 valence electrons. The summed E-state index contributed by atoms with van der Waals surface area (Å²) in [6.07, 6.45) is 8.66. The molecule has 4 rings (SSSR count). The predicted molar refractivity (Wildman–Crippen MR) is 95.5 cm³/mol. The van der Waals surface area contributed by atoms with Gasteiger partial charge in [-0.05, 0) is 25.7 Å². The molecule has 24 heavy (non-hydrogen) atoms. The van der Waals surface area contributed by atoms with Crippen LogP contribution in [0, 0.1) is 0 Å². The zero-order chi connectivity index (χ0) is 16.4. The second-order valence-corrected chi connectivity index (χ2v) is 7.37. The quantitative estimate of drug-likeness (QED) is 0.906. The van der Waals surface area contributed by atoms with Crippen molar-refractivity contribution >= 4 is 11.6 Å². The van der Waals surface area contributed by atoms with Crippen LogP contribution in [0.5, 0.6) is 0 Å². The molecular formula is C18H29N5O. The Bertz CT molecular complexity index is 540. The third-order valence-corrected chi connectivity index (χ3v) is 5.87. The number of rotatable bonds is 3. The molecule has 1 aliphatic carbocycles. The Hall–Kier alpha value is -1.40. The molecule has 0 amide bonds. The van der Waals surface area contributed by atoms with Gasteiger partial charge in [-0.3, -0.25) is 4.90 Å². The van der Waals surface area contributed by atoms with E-state index in [1.807, 2.05) is 0 Å². The van der Waals surface area contributed by atoms with Crippen LogP contribution in [0.1, 0.15) is 38.5 Å². The van der Waals surface area contributed by atoms with Gasteiger partial charge in [0.25, 0.3) is 0 Å². The molecule has 1 N–H and O–H groups in total. The number of anilines is 2. The fraction of sp³-hybridized carbons (Fsp3) is 0.778. The maximum atomic E-state index is 10.3. The molecule has 6 heteroatoms. The lowest BCUT2D eigenvalue weighted by atomic mass is 9.91. The number of aliphatic hydroxyl groups excluding tert-OH is 1. The van der Waals surface area contributed by atoms with Gasteiger partial charge in [0.1, 0.15) is 18.0 Å². The third kappa shape index (κ3) is 3.35. The minimum atomic E-state index is -0.133. The fourth-order valence-corrected chi connectivity index (χ4v) is 4.43. The molecule has 6 nitrogen and oxygen atoms in total. The van der Waals surface area contributed by atoms with Crippen LogP contribution in [0.25, 0.3) is 0 Å². The maximum Gasteiger partial charge on any atom is 0.134 e. The molecule has 0 radical (unpaired) electrons. The monoisotopic (exact) mass is 331 g/mol. The molecule has 3 heterocycles. The number of piperazine rings is 1. The Morgan fingerprint density at radius 1 is 0.792 bits per heavy atom. The SMILES string of the molecule is OC1CCCCC1N1CCN(c2cc(N3CCCC3)ncn2)CC1. The molecule has 0 bridgehead atoms. The second kappa shape index (κ2) is 7.23. The van der Waals surface area contributed by atoms with Gasteiger partial charge in [-0.2, -0.15) is 0 Å². The highest BCUT2D eigenvalue weighted by Gasteiger charge is 2.31. The first-order valence-electron chi connectivity index (χ1n) is 9.55. The summed E-state index contributed by atoms with van der Waals surface area (Å²) in [5, 5.41) is 10.3. The highest BCUT2D eigenvalue weighted by molar-refractivity contribution is 5.50. The van der Waals surface area contributed by atoms with Gasteiger partial charge in [0.15, 0.2) is 0 Å². The van der Waals surface area contributed by atoms with Crippen LogP contribution < -0.4 is 9.80 Å². The van der Waals surface area contributed by atoms with Crippen molar-refractivity contribution in [1.29, 1.82) is 0 Å². The van der Waals surface area contributed by atoms with E-state index < -0.39 is 0 Å². The lowest BCUT2D eigenvalue weighted by Crippen LogP contribution is -2.54. The van der Waals surface area contributed by atoms with Crippen LogP contribution in [-0.2, 0) is 0 Å². The molecule has 2 atom stereocenters. The molecule has 1 aromatic rings. The highest BCUT2D eigenvalue weighted by atomic mass is 16.3. The van der Waals surface area contributed by atoms with Gasteiger partial charge in [-0.25, -0.2) is 9.97 Å². The molecular weight excluding hydrogens is 302 g/mol. The van der Waals surface area contributed by atoms with Crippen molar-refractivity contribution in [3.05, 3.63) is 12.4 Å². The summed E-state index contributed by atoms with van der Waals surface area (Å²) in [6, 6.07) is 2.52. The topological polar surface area (TPSA) is 55.7 Å². The molecule has 1 saturated carbocycles. The number of nitrogens with zero attached hydrogens (tertiary/aromatic N) is 5. The van der Waals surface area contributed by atoms with Crippen molar-refractivity contribution < 1.29 is 5.11 Å². The van der Waals surface area contributed by atoms with E-state index in [0.29, 0.717) is 6.04 Å². The van der Waals surface area contributed by atoms with Crippen LogP contribution >= 0.6 is 0 Å². The summed E-state index contributed by atoms with van der Waals surface area (Å²) in [6.45, 7) is 6.24. The molecule has 2 saturated heterocycles. The first-order chi connectivity index (χ1) is 11.8. The van der Waals surface area contributed by atoms with Crippen LogP contribution in [0.3, 0.4) is 0 Å². The van der Waals surface area contributed by atoms with Gasteiger partial charge in [-0.1, -0.05) is 12.8 Å². The van der Waals surface area contributed by atoms with Crippen molar-refractivity contribution in [3.8, 4) is 0 Å². The van der Waals surface area contributed by atoms with E-state index in [2.05, 4.69) is 30.7 Å². The van der Waals surface area contributed by atoms with Crippen molar-refractivity contribution in [2.45, 2.75) is 50.7 Å². The number of aliphatic hydroxyl groups is 1. The number of aromatic nitrogens is 2. The first-order valence-corrected chi connectivity index (χ1v) is 9.55. The van der Waals surface area contributed by atoms with E-state index in [9.17, 15) is 5.11 Å². The zero-order valence-electron chi connectivity index (χ0n) is 14.5. The van der Waals surface area contributed by atoms with E-state index in [4.69, 9.17) is 0 Å². The van der Waals surface area contributed by atoms with E-state index in [1.54, 1.807) is 6.33 Å². The minimum Gasteiger partial charge on any atom is -0.391 e. The maximum absolute atomic E-state index is 10.3. The molecule has 2 aliphatic heterocycles. The van der Waals surface area contributed by atoms with Gasteiger partial charge in [-0.15, -0.1) is 0 Å². The lowest BCUT2D eigenvalue weighted by molar-refractivity contribution is 0.0172. The highest BCUT2D eigenvalue weighted by Crippen LogP contribution is 2.26. The van der Waals surface area contributed by atoms with E-state index >= 15 is 0 Å². The van der Waals surface area contributed by atoms with Crippen LogP contribution in [0.2, 0.25) is 0 Å². The summed E-state index contributed by atoms with van der Waals surface area (Å²) < 4.78 is 0. The van der Waals surface area contributed by atoms with Gasteiger partial charge >= 0.3 is 0 Å². The molecule has 3 aliphatic rings. The Balaban J connectivity index is 1.38. The van der Waals surface area contributed by atoms with E-state index in [0.717, 1.165) is 63.7 Å². The summed E-state index contributed by atoms with van der Waals surface area (Å²) in [4.78, 5) is 16.2. The van der Waals surface area contributed by atoms with E-state index in [1.165, 1.54) is 25.7 Å². The molecule has 0 aromatic carbocycles. The zero-order valence-corrected chi connectivity index (χ0v) is 14.5. The van der Waals surface area contributed by atoms with E-state index in [-0.39, 0.29) is 6.10 Å². The second-order valence-electron chi connectivity index (χ2n) is 7.37. The van der Waals surface area contributed by atoms with Crippen LogP contribution in [-0.4, -0.2) is 71.4 Å². The summed E-state index contributed by atoms with van der Waals surface area (Å²) >= 11 is 0. The van der Waals surface area contributed by atoms with Crippen molar-refractivity contribution in [2.75, 3.05) is 49.1 Å². The molecule has 0 spiro atoms.